The minimum absolute atomic E-state index is 0.0530. The summed E-state index contributed by atoms with van der Waals surface area (Å²) in [7, 11) is 0.227. The van der Waals surface area contributed by atoms with Gasteiger partial charge in [-0.2, -0.15) is 13.2 Å². The maximum Gasteiger partial charge on any atom is 0.416 e. The van der Waals surface area contributed by atoms with E-state index in [1.165, 1.54) is 27.4 Å². The minimum Gasteiger partial charge on any atom is -0.493 e. The molecule has 0 aromatic heterocycles. The largest absolute Gasteiger partial charge is 0.493 e. The number of alkyl halides is 3. The molecular formula is C20H23F3N2O6S. The van der Waals surface area contributed by atoms with Crippen molar-refractivity contribution < 1.29 is 40.6 Å². The SMILES string of the molecule is COc1ccc(CNC(=O)CN(c2cccc(C(F)(F)F)c2)S(C)(=O)=O)c(OC)c1OC. The molecule has 1 N–H and O–H groups in total. The van der Waals surface area contributed by atoms with Gasteiger partial charge in [-0.25, -0.2) is 8.42 Å². The number of sulfonamides is 1. The first-order chi connectivity index (χ1) is 14.9. The molecule has 0 atom stereocenters. The highest BCUT2D eigenvalue weighted by Gasteiger charge is 2.32. The van der Waals surface area contributed by atoms with Crippen molar-refractivity contribution in [2.24, 2.45) is 0 Å². The van der Waals surface area contributed by atoms with Crippen molar-refractivity contribution >= 4 is 21.6 Å². The summed E-state index contributed by atoms with van der Waals surface area (Å²) in [5, 5.41) is 2.54. The van der Waals surface area contributed by atoms with E-state index in [1.807, 2.05) is 0 Å². The molecular weight excluding hydrogens is 453 g/mol. The van der Waals surface area contributed by atoms with Crippen molar-refractivity contribution in [1.82, 2.24) is 5.32 Å². The number of hydrogen-bond donors (Lipinski definition) is 1. The third-order valence-corrected chi connectivity index (χ3v) is 5.55. The number of benzene rings is 2. The molecule has 2 rings (SSSR count). The second-order valence-corrected chi connectivity index (χ2v) is 8.49. The van der Waals surface area contributed by atoms with E-state index >= 15 is 0 Å². The van der Waals surface area contributed by atoms with Crippen LogP contribution in [0.5, 0.6) is 17.2 Å². The molecule has 0 aliphatic carbocycles. The fraction of sp³-hybridized carbons (Fsp3) is 0.350. The quantitative estimate of drug-likeness (QED) is 0.598. The van der Waals surface area contributed by atoms with E-state index in [-0.39, 0.29) is 12.2 Å². The van der Waals surface area contributed by atoms with Gasteiger partial charge in [-0.05, 0) is 30.3 Å². The summed E-state index contributed by atoms with van der Waals surface area (Å²) in [5.41, 5.74) is -0.788. The molecule has 12 heteroatoms. The molecule has 8 nitrogen and oxygen atoms in total. The Morgan fingerprint density at radius 2 is 1.69 bits per heavy atom. The third-order valence-electron chi connectivity index (χ3n) is 4.41. The Balaban J connectivity index is 2.23. The van der Waals surface area contributed by atoms with E-state index in [9.17, 15) is 26.4 Å². The van der Waals surface area contributed by atoms with Gasteiger partial charge in [-0.1, -0.05) is 6.07 Å². The third kappa shape index (κ3) is 5.96. The number of amides is 1. The van der Waals surface area contributed by atoms with Gasteiger partial charge >= 0.3 is 6.18 Å². The summed E-state index contributed by atoms with van der Waals surface area (Å²) < 4.78 is 79.7. The Kier molecular flexibility index (Phi) is 7.83. The molecule has 1 amide bonds. The lowest BCUT2D eigenvalue weighted by Gasteiger charge is -2.23. The van der Waals surface area contributed by atoms with Gasteiger partial charge < -0.3 is 19.5 Å². The predicted molar refractivity (Wildman–Crippen MR) is 112 cm³/mol. The Labute approximate surface area is 183 Å². The lowest BCUT2D eigenvalue weighted by atomic mass is 10.1. The first kappa shape index (κ1) is 25.1. The van der Waals surface area contributed by atoms with Gasteiger partial charge in [0, 0.05) is 12.1 Å². The average molecular weight is 476 g/mol. The Hall–Kier alpha value is -3.15. The highest BCUT2D eigenvalue weighted by atomic mass is 32.2. The number of rotatable bonds is 9. The van der Waals surface area contributed by atoms with Gasteiger partial charge in [0.2, 0.25) is 21.7 Å². The fourth-order valence-corrected chi connectivity index (χ4v) is 3.77. The molecule has 0 aliphatic heterocycles. The number of carbonyl (C=O) groups is 1. The highest BCUT2D eigenvalue weighted by molar-refractivity contribution is 7.92. The molecule has 0 unspecified atom stereocenters. The normalized spacial score (nSPS) is 11.6. The average Bonchev–Trinajstić information content (AvgIpc) is 2.73. The van der Waals surface area contributed by atoms with Crippen LogP contribution < -0.4 is 23.8 Å². The van der Waals surface area contributed by atoms with Crippen molar-refractivity contribution in [3.05, 3.63) is 47.5 Å². The second-order valence-electron chi connectivity index (χ2n) is 6.59. The lowest BCUT2D eigenvalue weighted by Crippen LogP contribution is -2.40. The van der Waals surface area contributed by atoms with Crippen molar-refractivity contribution in [3.63, 3.8) is 0 Å². The molecule has 0 radical (unpaired) electrons. The monoisotopic (exact) mass is 476 g/mol. The zero-order valence-electron chi connectivity index (χ0n) is 17.8. The molecule has 0 saturated heterocycles. The molecule has 2 aromatic rings. The summed E-state index contributed by atoms with van der Waals surface area (Å²) in [6.45, 7) is -0.766. The van der Waals surface area contributed by atoms with Crippen LogP contribution in [-0.2, 0) is 27.5 Å². The maximum atomic E-state index is 13.0. The Bertz CT molecular complexity index is 1070. The van der Waals surface area contributed by atoms with Crippen LogP contribution in [0.4, 0.5) is 18.9 Å². The number of anilines is 1. The first-order valence-corrected chi connectivity index (χ1v) is 11.0. The summed E-state index contributed by atoms with van der Waals surface area (Å²) in [5.74, 6) is 0.297. The van der Waals surface area contributed by atoms with Gasteiger partial charge in [0.05, 0.1) is 38.8 Å². The van der Waals surface area contributed by atoms with Crippen LogP contribution in [-0.4, -0.2) is 48.5 Å². The van der Waals surface area contributed by atoms with Crippen molar-refractivity contribution in [3.8, 4) is 17.2 Å². The van der Waals surface area contributed by atoms with Gasteiger partial charge in [0.15, 0.2) is 11.5 Å². The van der Waals surface area contributed by atoms with Crippen LogP contribution in [0.2, 0.25) is 0 Å². The summed E-state index contributed by atoms with van der Waals surface area (Å²) in [6.07, 6.45) is -3.86. The lowest BCUT2D eigenvalue weighted by molar-refractivity contribution is -0.137. The smallest absolute Gasteiger partial charge is 0.416 e. The topological polar surface area (TPSA) is 94.2 Å². The molecule has 0 aliphatic rings. The van der Waals surface area contributed by atoms with Crippen molar-refractivity contribution in [2.75, 3.05) is 38.4 Å². The van der Waals surface area contributed by atoms with Crippen LogP contribution in [0, 0.1) is 0 Å². The first-order valence-electron chi connectivity index (χ1n) is 9.11. The van der Waals surface area contributed by atoms with Crippen LogP contribution in [0.3, 0.4) is 0 Å². The predicted octanol–water partition coefficient (Wildman–Crippen LogP) is 2.81. The standard InChI is InChI=1S/C20H23F3N2O6S/c1-29-16-9-8-13(18(30-2)19(16)31-3)11-24-17(26)12-25(32(4,27)28)15-7-5-6-14(10-15)20(21,22)23/h5-10H,11-12H2,1-4H3,(H,24,26). The number of methoxy groups -OCH3 is 3. The summed E-state index contributed by atoms with van der Waals surface area (Å²) in [6, 6.07) is 6.97. The molecule has 0 fully saturated rings. The molecule has 2 aromatic carbocycles. The van der Waals surface area contributed by atoms with Gasteiger partial charge in [-0.15, -0.1) is 0 Å². The summed E-state index contributed by atoms with van der Waals surface area (Å²) >= 11 is 0. The Morgan fingerprint density at radius 3 is 2.22 bits per heavy atom. The van der Waals surface area contributed by atoms with Crippen LogP contribution >= 0.6 is 0 Å². The Morgan fingerprint density at radius 1 is 1.03 bits per heavy atom. The van der Waals surface area contributed by atoms with Gasteiger partial charge in [0.25, 0.3) is 0 Å². The molecule has 32 heavy (non-hydrogen) atoms. The number of nitrogens with zero attached hydrogens (tertiary/aromatic N) is 1. The van der Waals surface area contributed by atoms with Crippen LogP contribution in [0.25, 0.3) is 0 Å². The van der Waals surface area contributed by atoms with E-state index in [0.29, 0.717) is 33.2 Å². The number of ether oxygens (including phenoxy) is 3. The number of halogens is 3. The van der Waals surface area contributed by atoms with E-state index in [4.69, 9.17) is 14.2 Å². The number of carbonyl (C=O) groups excluding carboxylic acids is 1. The van der Waals surface area contributed by atoms with Crippen molar-refractivity contribution in [1.29, 1.82) is 0 Å². The number of hydrogen-bond acceptors (Lipinski definition) is 6. The summed E-state index contributed by atoms with van der Waals surface area (Å²) in [4.78, 5) is 12.5. The van der Waals surface area contributed by atoms with Crippen LogP contribution in [0.1, 0.15) is 11.1 Å². The molecule has 0 heterocycles. The van der Waals surface area contributed by atoms with Gasteiger partial charge in [0.1, 0.15) is 6.54 Å². The zero-order valence-corrected chi connectivity index (χ0v) is 18.6. The molecule has 0 saturated carbocycles. The molecule has 0 spiro atoms. The fourth-order valence-electron chi connectivity index (χ4n) is 2.92. The molecule has 0 bridgehead atoms. The highest BCUT2D eigenvalue weighted by Crippen LogP contribution is 2.39. The van der Waals surface area contributed by atoms with Gasteiger partial charge in [-0.3, -0.25) is 9.10 Å². The zero-order chi connectivity index (χ0) is 24.1. The van der Waals surface area contributed by atoms with E-state index in [2.05, 4.69) is 5.32 Å². The molecule has 176 valence electrons. The number of nitrogens with one attached hydrogen (secondary N) is 1. The van der Waals surface area contributed by atoms with E-state index < -0.39 is 34.2 Å². The van der Waals surface area contributed by atoms with Crippen molar-refractivity contribution in [2.45, 2.75) is 12.7 Å². The minimum atomic E-state index is -4.66. The maximum absolute atomic E-state index is 13.0. The van der Waals surface area contributed by atoms with E-state index in [1.54, 1.807) is 12.1 Å². The second kappa shape index (κ2) is 9.98. The van der Waals surface area contributed by atoms with Crippen LogP contribution in [0.15, 0.2) is 36.4 Å². The van der Waals surface area contributed by atoms with E-state index in [0.717, 1.165) is 18.4 Å².